The Kier molecular flexibility index (Phi) is 3.33. The third-order valence-corrected chi connectivity index (χ3v) is 2.97. The van der Waals surface area contributed by atoms with Gasteiger partial charge in [-0.2, -0.15) is 0 Å². The van der Waals surface area contributed by atoms with E-state index in [1.54, 1.807) is 42.7 Å². The molecule has 3 rings (SSSR count). The van der Waals surface area contributed by atoms with E-state index < -0.39 is 0 Å². The number of carbonyl (C=O) groups is 1. The molecule has 0 saturated heterocycles. The first-order valence-electron chi connectivity index (χ1n) is 6.31. The molecule has 0 saturated carbocycles. The van der Waals surface area contributed by atoms with Gasteiger partial charge in [0, 0.05) is 17.8 Å². The summed E-state index contributed by atoms with van der Waals surface area (Å²) in [4.78, 5) is 20.2. The summed E-state index contributed by atoms with van der Waals surface area (Å²) < 4.78 is 0. The van der Waals surface area contributed by atoms with E-state index in [0.29, 0.717) is 5.69 Å². The summed E-state index contributed by atoms with van der Waals surface area (Å²) in [5, 5.41) is 1.06. The smallest absolute Gasteiger partial charge is 0.204 e. The summed E-state index contributed by atoms with van der Waals surface area (Å²) in [6, 6.07) is 15.1. The number of rotatable bonds is 3. The summed E-state index contributed by atoms with van der Waals surface area (Å²) in [5.74, 6) is -0.100. The maximum atomic E-state index is 11.9. The van der Waals surface area contributed by atoms with E-state index in [1.807, 2.05) is 30.3 Å². The van der Waals surface area contributed by atoms with Gasteiger partial charge in [-0.15, -0.1) is 0 Å². The van der Waals surface area contributed by atoms with Crippen LogP contribution in [-0.4, -0.2) is 15.8 Å². The highest BCUT2D eigenvalue weighted by molar-refractivity contribution is 6.05. The van der Waals surface area contributed by atoms with Crippen LogP contribution in [0.15, 0.2) is 67.0 Å². The number of nitrogens with zero attached hydrogens (tertiary/aromatic N) is 2. The summed E-state index contributed by atoms with van der Waals surface area (Å²) in [5.41, 5.74) is 2.36. The normalized spacial score (nSPS) is 11.0. The number of aromatic nitrogens is 2. The van der Waals surface area contributed by atoms with Gasteiger partial charge in [0.2, 0.25) is 5.78 Å². The van der Waals surface area contributed by atoms with Crippen molar-refractivity contribution in [2.24, 2.45) is 0 Å². The van der Waals surface area contributed by atoms with Gasteiger partial charge in [0.15, 0.2) is 0 Å². The third kappa shape index (κ3) is 2.62. The summed E-state index contributed by atoms with van der Waals surface area (Å²) in [6.07, 6.45) is 6.72. The van der Waals surface area contributed by atoms with Crippen molar-refractivity contribution < 1.29 is 4.79 Å². The highest BCUT2D eigenvalue weighted by atomic mass is 16.1. The molecule has 0 spiro atoms. The molecule has 3 heteroatoms. The molecule has 0 aliphatic heterocycles. The van der Waals surface area contributed by atoms with Crippen molar-refractivity contribution in [2.45, 2.75) is 0 Å². The molecule has 3 nitrogen and oxygen atoms in total. The highest BCUT2D eigenvalue weighted by Crippen LogP contribution is 2.14. The van der Waals surface area contributed by atoms with E-state index in [9.17, 15) is 4.79 Å². The minimum absolute atomic E-state index is 0.100. The molecule has 0 amide bonds. The second kappa shape index (κ2) is 5.45. The fourth-order valence-corrected chi connectivity index (χ4v) is 1.96. The van der Waals surface area contributed by atoms with Crippen LogP contribution in [-0.2, 0) is 0 Å². The van der Waals surface area contributed by atoms with E-state index in [4.69, 9.17) is 0 Å². The number of ketones is 1. The van der Waals surface area contributed by atoms with E-state index in [2.05, 4.69) is 9.97 Å². The molecule has 3 aromatic rings. The Hall–Kier alpha value is -2.81. The second-order valence-electron chi connectivity index (χ2n) is 4.37. The lowest BCUT2D eigenvalue weighted by molar-refractivity contribution is 0.104. The molecule has 0 aliphatic carbocycles. The van der Waals surface area contributed by atoms with Crippen LogP contribution in [0.5, 0.6) is 0 Å². The Morgan fingerprint density at radius 1 is 0.950 bits per heavy atom. The topological polar surface area (TPSA) is 42.9 Å². The van der Waals surface area contributed by atoms with Gasteiger partial charge in [-0.3, -0.25) is 14.8 Å². The largest absolute Gasteiger partial charge is 0.288 e. The Balaban J connectivity index is 1.85. The number of benzene rings is 1. The second-order valence-corrected chi connectivity index (χ2v) is 4.37. The summed E-state index contributed by atoms with van der Waals surface area (Å²) in [6.45, 7) is 0. The number of pyridine rings is 2. The molecule has 0 unspecified atom stereocenters. The lowest BCUT2D eigenvalue weighted by atomic mass is 10.1. The molecule has 20 heavy (non-hydrogen) atoms. The van der Waals surface area contributed by atoms with Gasteiger partial charge < -0.3 is 0 Å². The Labute approximate surface area is 116 Å². The lowest BCUT2D eigenvalue weighted by Crippen LogP contribution is -1.96. The molecule has 0 bridgehead atoms. The van der Waals surface area contributed by atoms with Crippen LogP contribution in [0.1, 0.15) is 16.1 Å². The molecule has 2 heterocycles. The molecule has 96 valence electrons. The molecule has 0 radical (unpaired) electrons. The average molecular weight is 260 g/mol. The number of carbonyl (C=O) groups excluding carboxylic acids is 1. The maximum Gasteiger partial charge on any atom is 0.204 e. The predicted molar refractivity (Wildman–Crippen MR) is 79.3 cm³/mol. The van der Waals surface area contributed by atoms with Crippen molar-refractivity contribution in [1.29, 1.82) is 0 Å². The minimum atomic E-state index is -0.100. The highest BCUT2D eigenvalue weighted by Gasteiger charge is 2.01. The van der Waals surface area contributed by atoms with Gasteiger partial charge in [0.25, 0.3) is 0 Å². The predicted octanol–water partition coefficient (Wildman–Crippen LogP) is 3.53. The lowest BCUT2D eigenvalue weighted by Gasteiger charge is -1.98. The van der Waals surface area contributed by atoms with Crippen molar-refractivity contribution in [3.05, 3.63) is 78.3 Å². The van der Waals surface area contributed by atoms with Gasteiger partial charge in [0.05, 0.1) is 5.52 Å². The fourth-order valence-electron chi connectivity index (χ4n) is 1.96. The van der Waals surface area contributed by atoms with Crippen LogP contribution >= 0.6 is 0 Å². The van der Waals surface area contributed by atoms with E-state index in [-0.39, 0.29) is 5.78 Å². The van der Waals surface area contributed by atoms with Gasteiger partial charge in [-0.05, 0) is 42.0 Å². The van der Waals surface area contributed by atoms with Crippen LogP contribution in [0.25, 0.3) is 17.0 Å². The number of hydrogen-bond donors (Lipinski definition) is 0. The van der Waals surface area contributed by atoms with Crippen LogP contribution in [0.3, 0.4) is 0 Å². The summed E-state index contributed by atoms with van der Waals surface area (Å²) >= 11 is 0. The number of allylic oxidation sites excluding steroid dienone is 1. The summed E-state index contributed by atoms with van der Waals surface area (Å²) in [7, 11) is 0. The molecular weight excluding hydrogens is 248 g/mol. The van der Waals surface area contributed by atoms with Gasteiger partial charge >= 0.3 is 0 Å². The average Bonchev–Trinajstić information content (AvgIpc) is 2.53. The molecule has 1 aromatic carbocycles. The van der Waals surface area contributed by atoms with Crippen molar-refractivity contribution >= 4 is 22.8 Å². The molecule has 0 fully saturated rings. The first-order chi connectivity index (χ1) is 9.83. The van der Waals surface area contributed by atoms with Crippen LogP contribution < -0.4 is 0 Å². The quantitative estimate of drug-likeness (QED) is 0.534. The zero-order valence-corrected chi connectivity index (χ0v) is 10.7. The van der Waals surface area contributed by atoms with Crippen LogP contribution in [0.4, 0.5) is 0 Å². The van der Waals surface area contributed by atoms with Crippen molar-refractivity contribution in [3.63, 3.8) is 0 Å². The standard InChI is InChI=1S/C17H12N2O/c20-17(16-5-1-2-10-19-16)9-7-13-6-8-15-14(12-13)4-3-11-18-15/h1-12H/b9-7+. The molecule has 0 atom stereocenters. The van der Waals surface area contributed by atoms with E-state index in [0.717, 1.165) is 16.5 Å². The Morgan fingerprint density at radius 3 is 2.70 bits per heavy atom. The van der Waals surface area contributed by atoms with Crippen molar-refractivity contribution in [2.75, 3.05) is 0 Å². The first kappa shape index (κ1) is 12.2. The van der Waals surface area contributed by atoms with Crippen LogP contribution in [0.2, 0.25) is 0 Å². The van der Waals surface area contributed by atoms with Crippen LogP contribution in [0, 0.1) is 0 Å². The van der Waals surface area contributed by atoms with Gasteiger partial charge in [-0.25, -0.2) is 0 Å². The molecule has 0 aliphatic rings. The van der Waals surface area contributed by atoms with Crippen molar-refractivity contribution in [3.8, 4) is 0 Å². The third-order valence-electron chi connectivity index (χ3n) is 2.97. The zero-order chi connectivity index (χ0) is 13.8. The Morgan fingerprint density at radius 2 is 1.85 bits per heavy atom. The number of hydrogen-bond acceptors (Lipinski definition) is 3. The van der Waals surface area contributed by atoms with E-state index >= 15 is 0 Å². The molecule has 0 N–H and O–H groups in total. The van der Waals surface area contributed by atoms with Crippen molar-refractivity contribution in [1.82, 2.24) is 9.97 Å². The molecular formula is C17H12N2O. The zero-order valence-electron chi connectivity index (χ0n) is 10.7. The monoisotopic (exact) mass is 260 g/mol. The Bertz CT molecular complexity index is 779. The molecule has 2 aromatic heterocycles. The van der Waals surface area contributed by atoms with Gasteiger partial charge in [0.1, 0.15) is 5.69 Å². The van der Waals surface area contributed by atoms with Gasteiger partial charge in [-0.1, -0.05) is 24.3 Å². The number of fused-ring (bicyclic) bond motifs is 1. The fraction of sp³-hybridized carbons (Fsp3) is 0. The minimum Gasteiger partial charge on any atom is -0.288 e. The first-order valence-corrected chi connectivity index (χ1v) is 6.31. The maximum absolute atomic E-state index is 11.9. The SMILES string of the molecule is O=C(/C=C/c1ccc2ncccc2c1)c1ccccn1. The van der Waals surface area contributed by atoms with E-state index in [1.165, 1.54) is 0 Å².